The fourth-order valence-electron chi connectivity index (χ4n) is 3.25. The molecule has 0 unspecified atom stereocenters. The minimum Gasteiger partial charge on any atom is -0.382 e. The minimum atomic E-state index is -3.44. The summed E-state index contributed by atoms with van der Waals surface area (Å²) in [6, 6.07) is 17.0. The highest BCUT2D eigenvalue weighted by Gasteiger charge is 2.21. The minimum absolute atomic E-state index is 0.0202. The SMILES string of the molecule is CN(C)S(=O)(=O)c1ccc(C=CC(=O)N2CCC(Nc3ccccc3)CC2)cc1. The Bertz CT molecular complexity index is 947. The average molecular weight is 414 g/mol. The number of nitrogens with one attached hydrogen (secondary N) is 1. The third kappa shape index (κ3) is 5.46. The van der Waals surface area contributed by atoms with Crippen molar-refractivity contribution in [1.29, 1.82) is 0 Å². The van der Waals surface area contributed by atoms with Crippen LogP contribution in [-0.2, 0) is 14.8 Å². The van der Waals surface area contributed by atoms with Crippen LogP contribution in [0.15, 0.2) is 65.6 Å². The predicted octanol–water partition coefficient (Wildman–Crippen LogP) is 3.05. The van der Waals surface area contributed by atoms with Gasteiger partial charge in [-0.05, 0) is 48.7 Å². The number of amides is 1. The second kappa shape index (κ2) is 9.24. The van der Waals surface area contributed by atoms with Crippen molar-refractivity contribution in [3.05, 3.63) is 66.2 Å². The van der Waals surface area contributed by atoms with Gasteiger partial charge in [-0.2, -0.15) is 0 Å². The number of anilines is 1. The third-order valence-electron chi connectivity index (χ3n) is 5.03. The molecule has 0 bridgehead atoms. The van der Waals surface area contributed by atoms with E-state index in [0.717, 1.165) is 24.1 Å². The van der Waals surface area contributed by atoms with Crippen LogP contribution in [0, 0.1) is 0 Å². The van der Waals surface area contributed by atoms with Gasteiger partial charge in [0.1, 0.15) is 0 Å². The van der Waals surface area contributed by atoms with Crippen molar-refractivity contribution in [2.24, 2.45) is 0 Å². The summed E-state index contributed by atoms with van der Waals surface area (Å²) < 4.78 is 25.4. The van der Waals surface area contributed by atoms with E-state index in [1.165, 1.54) is 18.4 Å². The van der Waals surface area contributed by atoms with E-state index in [-0.39, 0.29) is 10.8 Å². The molecule has 1 heterocycles. The smallest absolute Gasteiger partial charge is 0.246 e. The van der Waals surface area contributed by atoms with Crippen molar-refractivity contribution in [3.63, 3.8) is 0 Å². The lowest BCUT2D eigenvalue weighted by Crippen LogP contribution is -2.41. The Hall–Kier alpha value is -2.64. The zero-order valence-corrected chi connectivity index (χ0v) is 17.6. The number of hydrogen-bond acceptors (Lipinski definition) is 4. The summed E-state index contributed by atoms with van der Waals surface area (Å²) in [5.74, 6) is -0.0202. The molecule has 1 aliphatic rings. The first-order valence-corrected chi connectivity index (χ1v) is 11.1. The quantitative estimate of drug-likeness (QED) is 0.739. The van der Waals surface area contributed by atoms with Crippen LogP contribution in [0.25, 0.3) is 6.08 Å². The Morgan fingerprint density at radius 1 is 1.03 bits per heavy atom. The average Bonchev–Trinajstić information content (AvgIpc) is 2.73. The molecule has 0 spiro atoms. The van der Waals surface area contributed by atoms with E-state index in [1.807, 2.05) is 23.1 Å². The summed E-state index contributed by atoms with van der Waals surface area (Å²) in [5, 5.41) is 3.51. The van der Waals surface area contributed by atoms with Crippen LogP contribution in [0.1, 0.15) is 18.4 Å². The van der Waals surface area contributed by atoms with E-state index < -0.39 is 10.0 Å². The van der Waals surface area contributed by atoms with Crippen LogP contribution >= 0.6 is 0 Å². The van der Waals surface area contributed by atoms with Crippen LogP contribution in [-0.4, -0.2) is 56.8 Å². The lowest BCUT2D eigenvalue weighted by atomic mass is 10.0. The number of nitrogens with zero attached hydrogens (tertiary/aromatic N) is 2. The Labute approximate surface area is 172 Å². The Morgan fingerprint density at radius 2 is 1.66 bits per heavy atom. The van der Waals surface area contributed by atoms with Crippen molar-refractivity contribution >= 4 is 27.7 Å². The van der Waals surface area contributed by atoms with E-state index in [4.69, 9.17) is 0 Å². The molecule has 0 saturated carbocycles. The summed E-state index contributed by atoms with van der Waals surface area (Å²) in [4.78, 5) is 14.6. The summed E-state index contributed by atoms with van der Waals surface area (Å²) >= 11 is 0. The van der Waals surface area contributed by atoms with Gasteiger partial charge in [-0.15, -0.1) is 0 Å². The topological polar surface area (TPSA) is 69.7 Å². The number of para-hydroxylation sites is 1. The monoisotopic (exact) mass is 413 g/mol. The molecule has 7 heteroatoms. The highest BCUT2D eigenvalue weighted by Crippen LogP contribution is 2.18. The molecule has 1 N–H and O–H groups in total. The molecule has 3 rings (SSSR count). The molecule has 1 aliphatic heterocycles. The molecule has 2 aromatic rings. The van der Waals surface area contributed by atoms with Gasteiger partial charge in [-0.1, -0.05) is 30.3 Å². The van der Waals surface area contributed by atoms with E-state index in [0.29, 0.717) is 19.1 Å². The third-order valence-corrected chi connectivity index (χ3v) is 6.86. The van der Waals surface area contributed by atoms with Gasteiger partial charge in [0.2, 0.25) is 15.9 Å². The zero-order valence-electron chi connectivity index (χ0n) is 16.8. The molecule has 29 heavy (non-hydrogen) atoms. The second-order valence-electron chi connectivity index (χ2n) is 7.30. The normalized spacial score (nSPS) is 15.8. The molecule has 0 aromatic heterocycles. The highest BCUT2D eigenvalue weighted by atomic mass is 32.2. The van der Waals surface area contributed by atoms with E-state index in [1.54, 1.807) is 36.4 Å². The maximum Gasteiger partial charge on any atom is 0.246 e. The first-order chi connectivity index (χ1) is 13.9. The molecule has 1 fully saturated rings. The number of rotatable bonds is 6. The number of carbonyl (C=O) groups excluding carboxylic acids is 1. The van der Waals surface area contributed by atoms with Gasteiger partial charge in [0.05, 0.1) is 4.90 Å². The van der Waals surface area contributed by atoms with Crippen molar-refractivity contribution in [2.75, 3.05) is 32.5 Å². The second-order valence-corrected chi connectivity index (χ2v) is 9.45. The molecule has 0 atom stereocenters. The molecular weight excluding hydrogens is 386 g/mol. The van der Waals surface area contributed by atoms with Crippen molar-refractivity contribution < 1.29 is 13.2 Å². The lowest BCUT2D eigenvalue weighted by molar-refractivity contribution is -0.126. The lowest BCUT2D eigenvalue weighted by Gasteiger charge is -2.32. The predicted molar refractivity (Wildman–Crippen MR) is 116 cm³/mol. The highest BCUT2D eigenvalue weighted by molar-refractivity contribution is 7.89. The van der Waals surface area contributed by atoms with E-state index in [9.17, 15) is 13.2 Å². The van der Waals surface area contributed by atoms with Gasteiger partial charge in [0, 0.05) is 45.0 Å². The number of hydrogen-bond donors (Lipinski definition) is 1. The number of benzene rings is 2. The fourth-order valence-corrected chi connectivity index (χ4v) is 4.15. The number of piperidine rings is 1. The Balaban J connectivity index is 1.52. The van der Waals surface area contributed by atoms with Crippen molar-refractivity contribution in [2.45, 2.75) is 23.8 Å². The van der Waals surface area contributed by atoms with Crippen LogP contribution < -0.4 is 5.32 Å². The van der Waals surface area contributed by atoms with Gasteiger partial charge in [0.15, 0.2) is 0 Å². The number of likely N-dealkylation sites (tertiary alicyclic amines) is 1. The molecular formula is C22H27N3O3S. The standard InChI is InChI=1S/C22H27N3O3S/c1-24(2)29(27,28)21-11-8-18(9-12-21)10-13-22(26)25-16-14-20(15-17-25)23-19-6-4-3-5-7-19/h3-13,20,23H,14-17H2,1-2H3. The maximum atomic E-state index is 12.5. The van der Waals surface area contributed by atoms with Crippen LogP contribution in [0.3, 0.4) is 0 Å². The molecule has 1 amide bonds. The molecule has 0 radical (unpaired) electrons. The van der Waals surface area contributed by atoms with Gasteiger partial charge < -0.3 is 10.2 Å². The van der Waals surface area contributed by atoms with E-state index >= 15 is 0 Å². The summed E-state index contributed by atoms with van der Waals surface area (Å²) in [5.41, 5.74) is 1.90. The number of carbonyl (C=O) groups is 1. The fraction of sp³-hybridized carbons (Fsp3) is 0.318. The molecule has 2 aromatic carbocycles. The molecule has 0 aliphatic carbocycles. The summed E-state index contributed by atoms with van der Waals surface area (Å²) in [6.45, 7) is 1.43. The van der Waals surface area contributed by atoms with Gasteiger partial charge in [-0.3, -0.25) is 4.79 Å². The molecule has 154 valence electrons. The van der Waals surface area contributed by atoms with Crippen molar-refractivity contribution in [1.82, 2.24) is 9.21 Å². The molecule has 1 saturated heterocycles. The van der Waals surface area contributed by atoms with Gasteiger partial charge in [0.25, 0.3) is 0 Å². The van der Waals surface area contributed by atoms with Gasteiger partial charge in [-0.25, -0.2) is 12.7 Å². The zero-order chi connectivity index (χ0) is 20.9. The van der Waals surface area contributed by atoms with Crippen LogP contribution in [0.5, 0.6) is 0 Å². The summed E-state index contributed by atoms with van der Waals surface area (Å²) in [6.07, 6.45) is 5.10. The first kappa shape index (κ1) is 21.1. The largest absolute Gasteiger partial charge is 0.382 e. The van der Waals surface area contributed by atoms with E-state index in [2.05, 4.69) is 17.4 Å². The van der Waals surface area contributed by atoms with Crippen LogP contribution in [0.4, 0.5) is 5.69 Å². The first-order valence-electron chi connectivity index (χ1n) is 9.67. The Morgan fingerprint density at radius 3 is 2.24 bits per heavy atom. The summed E-state index contributed by atoms with van der Waals surface area (Å²) in [7, 11) is -0.441. The van der Waals surface area contributed by atoms with Crippen LogP contribution in [0.2, 0.25) is 0 Å². The van der Waals surface area contributed by atoms with Crippen molar-refractivity contribution in [3.8, 4) is 0 Å². The number of sulfonamides is 1. The Kier molecular flexibility index (Phi) is 6.71. The maximum absolute atomic E-state index is 12.5. The molecule has 6 nitrogen and oxygen atoms in total. The van der Waals surface area contributed by atoms with Gasteiger partial charge >= 0.3 is 0 Å².